The molecule has 0 fully saturated rings. The minimum atomic E-state index is -0.301. The van der Waals surface area contributed by atoms with Gasteiger partial charge in [0, 0.05) is 7.05 Å². The van der Waals surface area contributed by atoms with E-state index in [0.717, 1.165) is 5.06 Å². The van der Waals surface area contributed by atoms with Crippen LogP contribution in [0.15, 0.2) is 12.8 Å². The Hall–Kier alpha value is -1.23. The summed E-state index contributed by atoms with van der Waals surface area (Å²) in [6.45, 7) is 4.10. The number of nitrogens with zero attached hydrogens (tertiary/aromatic N) is 1. The molecule has 0 spiro atoms. The molecule has 70 valence electrons. The number of hydrogen-bond acceptors (Lipinski definition) is 3. The van der Waals surface area contributed by atoms with Crippen molar-refractivity contribution in [3.8, 4) is 0 Å². The van der Waals surface area contributed by atoms with E-state index in [9.17, 15) is 4.79 Å². The second kappa shape index (κ2) is 6.48. The molecule has 2 amide bonds. The van der Waals surface area contributed by atoms with Gasteiger partial charge in [0.2, 0.25) is 0 Å². The van der Waals surface area contributed by atoms with Crippen LogP contribution in [0.2, 0.25) is 0 Å². The maximum atomic E-state index is 10.9. The highest BCUT2D eigenvalue weighted by Crippen LogP contribution is 1.89. The number of rotatable bonds is 5. The first-order valence-corrected chi connectivity index (χ1v) is 3.52. The molecule has 5 heteroatoms. The van der Waals surface area contributed by atoms with E-state index in [0.29, 0.717) is 13.2 Å². The van der Waals surface area contributed by atoms with Crippen LogP contribution < -0.4 is 5.32 Å². The predicted molar refractivity (Wildman–Crippen MR) is 44.3 cm³/mol. The molecule has 0 radical (unpaired) electrons. The Labute approximate surface area is 71.9 Å². The number of hydroxylamine groups is 2. The molecule has 12 heavy (non-hydrogen) atoms. The second-order valence-corrected chi connectivity index (χ2v) is 1.88. The van der Waals surface area contributed by atoms with E-state index in [1.807, 2.05) is 0 Å². The van der Waals surface area contributed by atoms with Gasteiger partial charge in [-0.1, -0.05) is 6.58 Å². The lowest BCUT2D eigenvalue weighted by atomic mass is 10.6. The molecular formula is C7H14N2O3. The van der Waals surface area contributed by atoms with Gasteiger partial charge in [-0.25, -0.2) is 9.86 Å². The van der Waals surface area contributed by atoms with Crippen LogP contribution in [0.5, 0.6) is 0 Å². The van der Waals surface area contributed by atoms with Crippen LogP contribution >= 0.6 is 0 Å². The van der Waals surface area contributed by atoms with Crippen LogP contribution in [-0.4, -0.2) is 38.4 Å². The van der Waals surface area contributed by atoms with E-state index in [-0.39, 0.29) is 6.03 Å². The number of hydrogen-bond donors (Lipinski definition) is 1. The van der Waals surface area contributed by atoms with Gasteiger partial charge >= 0.3 is 6.03 Å². The summed E-state index contributed by atoms with van der Waals surface area (Å²) in [6.07, 6.45) is 1.32. The fraction of sp³-hybridized carbons (Fsp3) is 0.571. The van der Waals surface area contributed by atoms with Gasteiger partial charge in [-0.2, -0.15) is 0 Å². The Kier molecular flexibility index (Phi) is 5.81. The van der Waals surface area contributed by atoms with E-state index in [1.165, 1.54) is 20.4 Å². The molecule has 1 N–H and O–H groups in total. The van der Waals surface area contributed by atoms with Gasteiger partial charge in [0.05, 0.1) is 19.9 Å². The van der Waals surface area contributed by atoms with E-state index < -0.39 is 0 Å². The summed E-state index contributed by atoms with van der Waals surface area (Å²) >= 11 is 0. The number of ether oxygens (including phenoxy) is 1. The Morgan fingerprint density at radius 2 is 2.42 bits per heavy atom. The fourth-order valence-electron chi connectivity index (χ4n) is 0.619. The quantitative estimate of drug-likeness (QED) is 0.371. The number of nitrogens with one attached hydrogen (secondary N) is 1. The highest BCUT2D eigenvalue weighted by molar-refractivity contribution is 5.72. The average Bonchev–Trinajstić information content (AvgIpc) is 2.11. The summed E-state index contributed by atoms with van der Waals surface area (Å²) < 4.78 is 4.82. The normalized spacial score (nSPS) is 8.83. The molecule has 5 nitrogen and oxygen atoms in total. The molecule has 0 aliphatic carbocycles. The van der Waals surface area contributed by atoms with Crippen molar-refractivity contribution in [1.82, 2.24) is 10.4 Å². The molecule has 0 saturated heterocycles. The van der Waals surface area contributed by atoms with Gasteiger partial charge in [0.25, 0.3) is 0 Å². The molecule has 0 heterocycles. The second-order valence-electron chi connectivity index (χ2n) is 1.88. The maximum absolute atomic E-state index is 10.9. The van der Waals surface area contributed by atoms with E-state index in [4.69, 9.17) is 9.57 Å². The van der Waals surface area contributed by atoms with Gasteiger partial charge in [0.15, 0.2) is 0 Å². The first kappa shape index (κ1) is 10.8. The third-order valence-corrected chi connectivity index (χ3v) is 1.19. The lowest BCUT2D eigenvalue weighted by Gasteiger charge is -2.18. The molecule has 0 atom stereocenters. The minimum absolute atomic E-state index is 0.301. The highest BCUT2D eigenvalue weighted by Gasteiger charge is 2.09. The molecule has 0 aromatic heterocycles. The Morgan fingerprint density at radius 3 is 2.83 bits per heavy atom. The molecule has 0 saturated carbocycles. The van der Waals surface area contributed by atoms with Crippen LogP contribution in [0.25, 0.3) is 0 Å². The molecular weight excluding hydrogens is 160 g/mol. The van der Waals surface area contributed by atoms with Crippen molar-refractivity contribution >= 4 is 6.03 Å². The number of amides is 2. The van der Waals surface area contributed by atoms with E-state index >= 15 is 0 Å². The first-order chi connectivity index (χ1) is 5.76. The van der Waals surface area contributed by atoms with Crippen molar-refractivity contribution < 1.29 is 14.4 Å². The van der Waals surface area contributed by atoms with E-state index in [1.54, 1.807) is 0 Å². The lowest BCUT2D eigenvalue weighted by molar-refractivity contribution is -0.0928. The summed E-state index contributed by atoms with van der Waals surface area (Å²) in [5.41, 5.74) is 0. The largest absolute Gasteiger partial charge is 0.500 e. The summed E-state index contributed by atoms with van der Waals surface area (Å²) in [4.78, 5) is 15.7. The van der Waals surface area contributed by atoms with Gasteiger partial charge in [-0.3, -0.25) is 4.84 Å². The lowest BCUT2D eigenvalue weighted by Crippen LogP contribution is -2.39. The van der Waals surface area contributed by atoms with Crippen molar-refractivity contribution in [2.45, 2.75) is 0 Å². The van der Waals surface area contributed by atoms with E-state index in [2.05, 4.69) is 11.9 Å². The minimum Gasteiger partial charge on any atom is -0.500 e. The van der Waals surface area contributed by atoms with Crippen molar-refractivity contribution in [2.75, 3.05) is 27.3 Å². The van der Waals surface area contributed by atoms with Crippen LogP contribution in [-0.2, 0) is 9.57 Å². The topological polar surface area (TPSA) is 50.8 Å². The van der Waals surface area contributed by atoms with Crippen LogP contribution in [0.1, 0.15) is 0 Å². The van der Waals surface area contributed by atoms with Crippen molar-refractivity contribution in [3.63, 3.8) is 0 Å². The smallest absolute Gasteiger partial charge is 0.341 e. The Bertz CT molecular complexity index is 150. The molecule has 0 aromatic carbocycles. The van der Waals surface area contributed by atoms with Gasteiger partial charge < -0.3 is 10.1 Å². The van der Waals surface area contributed by atoms with Gasteiger partial charge in [0.1, 0.15) is 6.61 Å². The number of urea groups is 1. The summed E-state index contributed by atoms with van der Waals surface area (Å²) in [5.74, 6) is 0. The van der Waals surface area contributed by atoms with Crippen molar-refractivity contribution in [1.29, 1.82) is 0 Å². The third kappa shape index (κ3) is 3.82. The zero-order valence-electron chi connectivity index (χ0n) is 7.37. The maximum Gasteiger partial charge on any atom is 0.341 e. The Balaban J connectivity index is 3.66. The monoisotopic (exact) mass is 174 g/mol. The van der Waals surface area contributed by atoms with Crippen LogP contribution in [0.3, 0.4) is 0 Å². The van der Waals surface area contributed by atoms with Crippen molar-refractivity contribution in [3.05, 3.63) is 12.8 Å². The van der Waals surface area contributed by atoms with Crippen LogP contribution in [0, 0.1) is 0 Å². The first-order valence-electron chi connectivity index (χ1n) is 3.52. The number of carbonyl (C=O) groups is 1. The summed E-state index contributed by atoms with van der Waals surface area (Å²) in [7, 11) is 2.95. The zero-order chi connectivity index (χ0) is 9.40. The van der Waals surface area contributed by atoms with Gasteiger partial charge in [-0.15, -0.1) is 0 Å². The Morgan fingerprint density at radius 1 is 1.75 bits per heavy atom. The average molecular weight is 174 g/mol. The number of carbonyl (C=O) groups excluding carboxylic acids is 1. The molecule has 0 aliphatic rings. The third-order valence-electron chi connectivity index (χ3n) is 1.19. The zero-order valence-corrected chi connectivity index (χ0v) is 7.37. The molecule has 0 aliphatic heterocycles. The predicted octanol–water partition coefficient (Wildman–Crippen LogP) is 0.349. The summed E-state index contributed by atoms with van der Waals surface area (Å²) in [6, 6.07) is -0.301. The SMILES string of the molecule is C=COCCN(OC)C(=O)NC. The van der Waals surface area contributed by atoms with Gasteiger partial charge in [-0.05, 0) is 0 Å². The molecule has 0 unspecified atom stereocenters. The highest BCUT2D eigenvalue weighted by atomic mass is 16.7. The molecule has 0 bridgehead atoms. The summed E-state index contributed by atoms with van der Waals surface area (Å²) in [5, 5.41) is 3.58. The standard InChI is InChI=1S/C7H14N2O3/c1-4-12-6-5-9(11-3)7(10)8-2/h4H,1,5-6H2,2-3H3,(H,8,10). The molecule has 0 aromatic rings. The molecule has 0 rings (SSSR count). The fourth-order valence-corrected chi connectivity index (χ4v) is 0.619. The van der Waals surface area contributed by atoms with Crippen LogP contribution in [0.4, 0.5) is 4.79 Å². The van der Waals surface area contributed by atoms with Crippen molar-refractivity contribution in [2.24, 2.45) is 0 Å².